The van der Waals surface area contributed by atoms with E-state index in [9.17, 15) is 13.2 Å². The molecule has 0 heterocycles. The summed E-state index contributed by atoms with van der Waals surface area (Å²) in [5.41, 5.74) is 0. The number of carbonyl (C=O) groups excluding carboxylic acids is 1. The molecule has 4 unspecified atom stereocenters. The fraction of sp³-hybridized carbons (Fsp3) is 0.929. The highest BCUT2D eigenvalue weighted by molar-refractivity contribution is 8.00. The van der Waals surface area contributed by atoms with Crippen LogP contribution in [0, 0.1) is 5.92 Å². The van der Waals surface area contributed by atoms with Gasteiger partial charge in [-0.2, -0.15) is 11.8 Å². The second-order valence-electron chi connectivity index (χ2n) is 5.79. The van der Waals surface area contributed by atoms with Gasteiger partial charge < -0.3 is 4.74 Å². The molecule has 0 radical (unpaired) electrons. The molecule has 5 nitrogen and oxygen atoms in total. The van der Waals surface area contributed by atoms with E-state index in [0.717, 1.165) is 31.4 Å². The fourth-order valence-electron chi connectivity index (χ4n) is 3.49. The summed E-state index contributed by atoms with van der Waals surface area (Å²) in [7, 11) is -2.14. The Bertz CT molecular complexity index is 466. The van der Waals surface area contributed by atoms with Gasteiger partial charge >= 0.3 is 5.97 Å². The van der Waals surface area contributed by atoms with Gasteiger partial charge in [0.2, 0.25) is 10.0 Å². The van der Waals surface area contributed by atoms with Crippen molar-refractivity contribution in [3.05, 3.63) is 0 Å². The minimum Gasteiger partial charge on any atom is -0.469 e. The second kappa shape index (κ2) is 7.33. The average Bonchev–Trinajstić information content (AvgIpc) is 3.08. The zero-order chi connectivity index (χ0) is 15.5. The topological polar surface area (TPSA) is 72.5 Å². The third-order valence-electron chi connectivity index (χ3n) is 4.50. The molecule has 2 saturated carbocycles. The predicted molar refractivity (Wildman–Crippen MR) is 84.8 cm³/mol. The zero-order valence-corrected chi connectivity index (χ0v) is 14.3. The van der Waals surface area contributed by atoms with Crippen molar-refractivity contribution in [2.75, 3.05) is 12.9 Å². The number of nitrogens with one attached hydrogen (secondary N) is 1. The van der Waals surface area contributed by atoms with Crippen LogP contribution in [0.3, 0.4) is 0 Å². The first-order chi connectivity index (χ1) is 9.99. The molecule has 0 bridgehead atoms. The van der Waals surface area contributed by atoms with Gasteiger partial charge in [-0.25, -0.2) is 13.1 Å². The number of rotatable bonds is 6. The van der Waals surface area contributed by atoms with Gasteiger partial charge in [-0.1, -0.05) is 19.8 Å². The van der Waals surface area contributed by atoms with Crippen LogP contribution < -0.4 is 4.72 Å². The minimum atomic E-state index is -3.46. The highest BCUT2D eigenvalue weighted by atomic mass is 32.2. The van der Waals surface area contributed by atoms with E-state index in [0.29, 0.717) is 18.1 Å². The van der Waals surface area contributed by atoms with E-state index in [1.165, 1.54) is 7.11 Å². The molecule has 7 heteroatoms. The quantitative estimate of drug-likeness (QED) is 0.751. The Labute approximate surface area is 131 Å². The molecule has 21 heavy (non-hydrogen) atoms. The Morgan fingerprint density at radius 2 is 1.95 bits per heavy atom. The molecule has 2 aliphatic carbocycles. The first-order valence-electron chi connectivity index (χ1n) is 7.70. The SMILES string of the molecule is CCSC1CCCC1NS(=O)(=O)C1CCCC1C(=O)OC. The summed E-state index contributed by atoms with van der Waals surface area (Å²) in [5, 5.41) is -0.263. The van der Waals surface area contributed by atoms with Crippen LogP contribution in [0.5, 0.6) is 0 Å². The van der Waals surface area contributed by atoms with Gasteiger partial charge in [0.25, 0.3) is 0 Å². The van der Waals surface area contributed by atoms with Crippen LogP contribution in [0.25, 0.3) is 0 Å². The summed E-state index contributed by atoms with van der Waals surface area (Å²) in [6.45, 7) is 2.10. The molecule has 0 amide bonds. The monoisotopic (exact) mass is 335 g/mol. The average molecular weight is 335 g/mol. The van der Waals surface area contributed by atoms with Gasteiger partial charge in [-0.05, 0) is 31.4 Å². The summed E-state index contributed by atoms with van der Waals surface area (Å²) in [5.74, 6) is 0.0943. The van der Waals surface area contributed by atoms with Crippen molar-refractivity contribution >= 4 is 27.8 Å². The molecular weight excluding hydrogens is 310 g/mol. The van der Waals surface area contributed by atoms with Crippen LogP contribution in [0.1, 0.15) is 45.4 Å². The Balaban J connectivity index is 2.05. The molecule has 2 aliphatic rings. The maximum Gasteiger partial charge on any atom is 0.310 e. The van der Waals surface area contributed by atoms with Crippen LogP contribution in [0.2, 0.25) is 0 Å². The van der Waals surface area contributed by atoms with Gasteiger partial charge in [0.05, 0.1) is 18.3 Å². The smallest absolute Gasteiger partial charge is 0.310 e. The van der Waals surface area contributed by atoms with Crippen molar-refractivity contribution in [1.82, 2.24) is 4.72 Å². The van der Waals surface area contributed by atoms with E-state index < -0.39 is 27.2 Å². The van der Waals surface area contributed by atoms with Crippen LogP contribution >= 0.6 is 11.8 Å². The van der Waals surface area contributed by atoms with Gasteiger partial charge in [-0.3, -0.25) is 4.79 Å². The molecule has 0 aliphatic heterocycles. The van der Waals surface area contributed by atoms with Crippen LogP contribution in [0.15, 0.2) is 0 Å². The lowest BCUT2D eigenvalue weighted by Gasteiger charge is -2.24. The maximum atomic E-state index is 12.6. The van der Waals surface area contributed by atoms with Crippen molar-refractivity contribution in [3.63, 3.8) is 0 Å². The molecule has 0 saturated heterocycles. The first kappa shape index (κ1) is 17.1. The molecule has 122 valence electrons. The molecule has 2 rings (SSSR count). The third-order valence-corrected chi connectivity index (χ3v) is 7.82. The summed E-state index contributed by atoms with van der Waals surface area (Å²) < 4.78 is 32.9. The standard InChI is InChI=1S/C14H25NO4S2/c1-3-20-12-8-5-7-11(12)15-21(17,18)13-9-4-6-10(13)14(16)19-2/h10-13,15H,3-9H2,1-2H3. The molecule has 0 aromatic heterocycles. The molecule has 1 N–H and O–H groups in total. The Hall–Kier alpha value is -0.270. The highest BCUT2D eigenvalue weighted by Gasteiger charge is 2.44. The highest BCUT2D eigenvalue weighted by Crippen LogP contribution is 2.34. The van der Waals surface area contributed by atoms with Crippen molar-refractivity contribution in [1.29, 1.82) is 0 Å². The van der Waals surface area contributed by atoms with Crippen LogP contribution in [0.4, 0.5) is 0 Å². The summed E-state index contributed by atoms with van der Waals surface area (Å²) in [6, 6.07) is 0.0128. The number of esters is 1. The number of thioether (sulfide) groups is 1. The van der Waals surface area contributed by atoms with Gasteiger partial charge in [0.15, 0.2) is 0 Å². The summed E-state index contributed by atoms with van der Waals surface area (Å²) in [4.78, 5) is 11.8. The van der Waals surface area contributed by atoms with E-state index in [2.05, 4.69) is 11.6 Å². The molecular formula is C14H25NO4S2. The van der Waals surface area contributed by atoms with Gasteiger partial charge in [0, 0.05) is 11.3 Å². The largest absolute Gasteiger partial charge is 0.469 e. The lowest BCUT2D eigenvalue weighted by molar-refractivity contribution is -0.145. The van der Waals surface area contributed by atoms with Crippen molar-refractivity contribution in [2.45, 2.75) is 62.0 Å². The maximum absolute atomic E-state index is 12.6. The van der Waals surface area contributed by atoms with E-state index >= 15 is 0 Å². The number of methoxy groups -OCH3 is 1. The van der Waals surface area contributed by atoms with E-state index in [1.807, 2.05) is 11.8 Å². The molecule has 0 spiro atoms. The van der Waals surface area contributed by atoms with E-state index in [-0.39, 0.29) is 6.04 Å². The number of ether oxygens (including phenoxy) is 1. The summed E-state index contributed by atoms with van der Waals surface area (Å²) >= 11 is 1.82. The van der Waals surface area contributed by atoms with Crippen molar-refractivity contribution in [2.24, 2.45) is 5.92 Å². The van der Waals surface area contributed by atoms with Crippen LogP contribution in [-0.2, 0) is 19.6 Å². The lowest BCUT2D eigenvalue weighted by atomic mass is 10.1. The van der Waals surface area contributed by atoms with Gasteiger partial charge in [0.1, 0.15) is 0 Å². The minimum absolute atomic E-state index is 0.0128. The molecule has 2 fully saturated rings. The number of hydrogen-bond donors (Lipinski definition) is 1. The number of carbonyl (C=O) groups is 1. The van der Waals surface area contributed by atoms with Crippen molar-refractivity contribution in [3.8, 4) is 0 Å². The van der Waals surface area contributed by atoms with Crippen molar-refractivity contribution < 1.29 is 17.9 Å². The van der Waals surface area contributed by atoms with Gasteiger partial charge in [-0.15, -0.1) is 0 Å². The fourth-order valence-corrected chi connectivity index (χ4v) is 6.81. The Morgan fingerprint density at radius 1 is 1.24 bits per heavy atom. The van der Waals surface area contributed by atoms with E-state index in [1.54, 1.807) is 0 Å². The third kappa shape index (κ3) is 3.93. The summed E-state index contributed by atoms with van der Waals surface area (Å²) in [6.07, 6.45) is 4.95. The molecule has 0 aromatic rings. The lowest BCUT2D eigenvalue weighted by Crippen LogP contribution is -2.46. The number of sulfonamides is 1. The van der Waals surface area contributed by atoms with E-state index in [4.69, 9.17) is 4.74 Å². The first-order valence-corrected chi connectivity index (χ1v) is 10.3. The Morgan fingerprint density at radius 3 is 2.62 bits per heavy atom. The molecule has 0 aromatic carbocycles. The van der Waals surface area contributed by atoms with Crippen LogP contribution in [-0.4, -0.2) is 43.8 Å². The Kier molecular flexibility index (Phi) is 5.96. The zero-order valence-electron chi connectivity index (χ0n) is 12.7. The molecule has 4 atom stereocenters. The number of hydrogen-bond acceptors (Lipinski definition) is 5. The predicted octanol–water partition coefficient (Wildman–Crippen LogP) is 1.92. The second-order valence-corrected chi connectivity index (χ2v) is 9.24. The normalized spacial score (nSPS) is 33.2.